The summed E-state index contributed by atoms with van der Waals surface area (Å²) in [6, 6.07) is 16.7. The van der Waals surface area contributed by atoms with Crippen molar-refractivity contribution in [2.75, 3.05) is 0 Å². The third-order valence-electron chi connectivity index (χ3n) is 3.74. The number of carbonyl (C=O) groups excluding carboxylic acids is 1. The molecule has 1 aromatic heterocycles. The SMILES string of the molecule is O=Cc1c[nH]c2c1ccc1c3ccccc3ccc12. The average molecular weight is 245 g/mol. The quantitative estimate of drug-likeness (QED) is 0.394. The van der Waals surface area contributed by atoms with Crippen LogP contribution in [0.1, 0.15) is 10.4 Å². The van der Waals surface area contributed by atoms with Crippen LogP contribution in [0.5, 0.6) is 0 Å². The molecule has 4 rings (SSSR count). The van der Waals surface area contributed by atoms with Crippen molar-refractivity contribution >= 4 is 38.7 Å². The molecule has 0 spiro atoms. The summed E-state index contributed by atoms with van der Waals surface area (Å²) >= 11 is 0. The van der Waals surface area contributed by atoms with Gasteiger partial charge in [0.15, 0.2) is 6.29 Å². The number of aromatic nitrogens is 1. The first-order valence-electron chi connectivity index (χ1n) is 6.25. The van der Waals surface area contributed by atoms with E-state index < -0.39 is 0 Å². The van der Waals surface area contributed by atoms with Gasteiger partial charge in [0, 0.05) is 22.5 Å². The molecule has 0 saturated carbocycles. The van der Waals surface area contributed by atoms with Crippen molar-refractivity contribution in [1.82, 2.24) is 4.98 Å². The van der Waals surface area contributed by atoms with Crippen LogP contribution in [-0.4, -0.2) is 11.3 Å². The monoisotopic (exact) mass is 245 g/mol. The Balaban J connectivity index is 2.26. The predicted molar refractivity (Wildman–Crippen MR) is 78.7 cm³/mol. The Morgan fingerprint density at radius 1 is 0.789 bits per heavy atom. The van der Waals surface area contributed by atoms with Gasteiger partial charge in [0.25, 0.3) is 0 Å². The molecule has 0 fully saturated rings. The van der Waals surface area contributed by atoms with Crippen molar-refractivity contribution in [3.8, 4) is 0 Å². The minimum Gasteiger partial charge on any atom is -0.360 e. The number of aldehydes is 1. The molecule has 1 heterocycles. The van der Waals surface area contributed by atoms with E-state index in [-0.39, 0.29) is 0 Å². The normalized spacial score (nSPS) is 11.4. The molecule has 4 aromatic rings. The molecule has 1 N–H and O–H groups in total. The second-order valence-corrected chi connectivity index (χ2v) is 4.73. The van der Waals surface area contributed by atoms with E-state index in [0.717, 1.165) is 22.6 Å². The topological polar surface area (TPSA) is 32.9 Å². The molecule has 0 atom stereocenters. The van der Waals surface area contributed by atoms with Gasteiger partial charge in [-0.05, 0) is 16.2 Å². The van der Waals surface area contributed by atoms with E-state index in [0.29, 0.717) is 5.56 Å². The van der Waals surface area contributed by atoms with Gasteiger partial charge in [-0.25, -0.2) is 0 Å². The third kappa shape index (κ3) is 1.34. The van der Waals surface area contributed by atoms with Crippen LogP contribution in [0.2, 0.25) is 0 Å². The van der Waals surface area contributed by atoms with Gasteiger partial charge >= 0.3 is 0 Å². The van der Waals surface area contributed by atoms with Gasteiger partial charge in [0.2, 0.25) is 0 Å². The van der Waals surface area contributed by atoms with Gasteiger partial charge in [-0.3, -0.25) is 4.79 Å². The average Bonchev–Trinajstić information content (AvgIpc) is 2.90. The largest absolute Gasteiger partial charge is 0.360 e. The van der Waals surface area contributed by atoms with Crippen molar-refractivity contribution in [2.45, 2.75) is 0 Å². The lowest BCUT2D eigenvalue weighted by molar-refractivity contribution is 0.112. The van der Waals surface area contributed by atoms with Crippen molar-refractivity contribution in [3.05, 3.63) is 60.3 Å². The van der Waals surface area contributed by atoms with E-state index in [2.05, 4.69) is 41.4 Å². The molecule has 3 aromatic carbocycles. The van der Waals surface area contributed by atoms with Crippen LogP contribution in [0.4, 0.5) is 0 Å². The van der Waals surface area contributed by atoms with E-state index >= 15 is 0 Å². The summed E-state index contributed by atoms with van der Waals surface area (Å²) in [6.45, 7) is 0. The number of rotatable bonds is 1. The second kappa shape index (κ2) is 3.69. The molecule has 0 bridgehead atoms. The maximum absolute atomic E-state index is 11.0. The smallest absolute Gasteiger partial charge is 0.152 e. The van der Waals surface area contributed by atoms with E-state index in [9.17, 15) is 4.79 Å². The summed E-state index contributed by atoms with van der Waals surface area (Å²) < 4.78 is 0. The molecular weight excluding hydrogens is 234 g/mol. The Morgan fingerprint density at radius 3 is 2.47 bits per heavy atom. The number of nitrogens with one attached hydrogen (secondary N) is 1. The Bertz CT molecular complexity index is 934. The number of benzene rings is 3. The van der Waals surface area contributed by atoms with E-state index in [1.807, 2.05) is 12.1 Å². The highest BCUT2D eigenvalue weighted by Crippen LogP contribution is 2.31. The fourth-order valence-corrected chi connectivity index (χ4v) is 2.81. The zero-order valence-corrected chi connectivity index (χ0v) is 10.2. The van der Waals surface area contributed by atoms with Crippen LogP contribution in [0.3, 0.4) is 0 Å². The van der Waals surface area contributed by atoms with Crippen LogP contribution in [-0.2, 0) is 0 Å². The molecule has 90 valence electrons. The van der Waals surface area contributed by atoms with Crippen molar-refractivity contribution in [2.24, 2.45) is 0 Å². The van der Waals surface area contributed by atoms with Gasteiger partial charge < -0.3 is 4.98 Å². The van der Waals surface area contributed by atoms with Crippen LogP contribution < -0.4 is 0 Å². The standard InChI is InChI=1S/C17H11NO/c19-10-12-9-18-17-14(12)7-8-15-13-4-2-1-3-11(13)5-6-16(15)17/h1-10,18H. The third-order valence-corrected chi connectivity index (χ3v) is 3.74. The lowest BCUT2D eigenvalue weighted by Gasteiger charge is -2.05. The lowest BCUT2D eigenvalue weighted by Crippen LogP contribution is -1.80. The van der Waals surface area contributed by atoms with Crippen LogP contribution >= 0.6 is 0 Å². The highest BCUT2D eigenvalue weighted by molar-refractivity contribution is 6.18. The van der Waals surface area contributed by atoms with Gasteiger partial charge in [-0.1, -0.05) is 48.5 Å². The van der Waals surface area contributed by atoms with Crippen LogP contribution in [0.15, 0.2) is 54.7 Å². The molecule has 19 heavy (non-hydrogen) atoms. The molecule has 0 radical (unpaired) electrons. The Kier molecular flexibility index (Phi) is 2.00. The first-order valence-corrected chi connectivity index (χ1v) is 6.25. The number of hydrogen-bond acceptors (Lipinski definition) is 1. The van der Waals surface area contributed by atoms with Crippen LogP contribution in [0, 0.1) is 0 Å². The second-order valence-electron chi connectivity index (χ2n) is 4.73. The number of aromatic amines is 1. The summed E-state index contributed by atoms with van der Waals surface area (Å²) in [4.78, 5) is 14.2. The highest BCUT2D eigenvalue weighted by atomic mass is 16.1. The van der Waals surface area contributed by atoms with Crippen LogP contribution in [0.25, 0.3) is 32.4 Å². The molecule has 2 heteroatoms. The van der Waals surface area contributed by atoms with Crippen molar-refractivity contribution in [3.63, 3.8) is 0 Å². The highest BCUT2D eigenvalue weighted by Gasteiger charge is 2.08. The zero-order chi connectivity index (χ0) is 12.8. The molecule has 0 aliphatic heterocycles. The van der Waals surface area contributed by atoms with E-state index in [1.165, 1.54) is 16.2 Å². The lowest BCUT2D eigenvalue weighted by atomic mass is 10.00. The zero-order valence-electron chi connectivity index (χ0n) is 10.2. The summed E-state index contributed by atoms with van der Waals surface area (Å²) in [5.74, 6) is 0. The summed E-state index contributed by atoms with van der Waals surface area (Å²) in [5, 5.41) is 5.83. The maximum Gasteiger partial charge on any atom is 0.152 e. The Labute approximate surface area is 109 Å². The van der Waals surface area contributed by atoms with Gasteiger partial charge in [0.05, 0.1) is 5.52 Å². The summed E-state index contributed by atoms with van der Waals surface area (Å²) in [7, 11) is 0. The molecule has 0 aliphatic carbocycles. The Morgan fingerprint density at radius 2 is 1.58 bits per heavy atom. The number of carbonyl (C=O) groups is 1. The molecule has 0 saturated heterocycles. The fourth-order valence-electron chi connectivity index (χ4n) is 2.81. The fraction of sp³-hybridized carbons (Fsp3) is 0. The first kappa shape index (κ1) is 10.3. The minimum atomic E-state index is 0.713. The van der Waals surface area contributed by atoms with Crippen molar-refractivity contribution < 1.29 is 4.79 Å². The number of fused-ring (bicyclic) bond motifs is 5. The number of hydrogen-bond donors (Lipinski definition) is 1. The van der Waals surface area contributed by atoms with Gasteiger partial charge in [0.1, 0.15) is 0 Å². The Hall–Kier alpha value is -2.61. The number of H-pyrrole nitrogens is 1. The molecular formula is C17H11NO. The summed E-state index contributed by atoms with van der Waals surface area (Å²) in [6.07, 6.45) is 2.66. The predicted octanol–water partition coefficient (Wildman–Crippen LogP) is 4.29. The maximum atomic E-state index is 11.0. The van der Waals surface area contributed by atoms with Gasteiger partial charge in [-0.15, -0.1) is 0 Å². The molecule has 0 amide bonds. The van der Waals surface area contributed by atoms with Gasteiger partial charge in [-0.2, -0.15) is 0 Å². The minimum absolute atomic E-state index is 0.713. The molecule has 2 nitrogen and oxygen atoms in total. The summed E-state index contributed by atoms with van der Waals surface area (Å²) in [5.41, 5.74) is 1.75. The van der Waals surface area contributed by atoms with E-state index in [4.69, 9.17) is 0 Å². The van der Waals surface area contributed by atoms with E-state index in [1.54, 1.807) is 6.20 Å². The molecule has 0 unspecified atom stereocenters. The van der Waals surface area contributed by atoms with Crippen molar-refractivity contribution in [1.29, 1.82) is 0 Å². The first-order chi connectivity index (χ1) is 9.38. The molecule has 0 aliphatic rings.